The van der Waals surface area contributed by atoms with Crippen LogP contribution < -0.4 is 5.19 Å². The summed E-state index contributed by atoms with van der Waals surface area (Å²) in [5.41, 5.74) is 13.3. The van der Waals surface area contributed by atoms with Gasteiger partial charge in [-0.3, -0.25) is 0 Å². The Hall–Kier alpha value is -5.13. The van der Waals surface area contributed by atoms with Crippen LogP contribution in [0.1, 0.15) is 16.7 Å². The number of para-hydroxylation sites is 2. The molecule has 0 saturated carbocycles. The summed E-state index contributed by atoms with van der Waals surface area (Å²) in [4.78, 5) is 9.14. The summed E-state index contributed by atoms with van der Waals surface area (Å²) in [6.07, 6.45) is 3.87. The van der Waals surface area contributed by atoms with Gasteiger partial charge in [-0.25, -0.2) is 0 Å². The summed E-state index contributed by atoms with van der Waals surface area (Å²) in [7, 11) is -1.93. The molecular formula is C46H38IrN2O2Si-2. The first-order chi connectivity index (χ1) is 24.7. The maximum atomic E-state index is 6.58. The van der Waals surface area contributed by atoms with Crippen LogP contribution in [0.5, 0.6) is 0 Å². The van der Waals surface area contributed by atoms with Crippen LogP contribution in [0.15, 0.2) is 130 Å². The van der Waals surface area contributed by atoms with E-state index in [1.807, 2.05) is 73.9 Å². The van der Waals surface area contributed by atoms with Gasteiger partial charge >= 0.3 is 0 Å². The van der Waals surface area contributed by atoms with Crippen LogP contribution >= 0.6 is 0 Å². The van der Waals surface area contributed by atoms with Gasteiger partial charge in [0.05, 0.1) is 8.07 Å². The molecule has 0 spiro atoms. The van der Waals surface area contributed by atoms with Crippen LogP contribution in [0, 0.1) is 32.9 Å². The molecule has 0 aliphatic carbocycles. The molecule has 0 fully saturated rings. The minimum Gasteiger partial charge on any atom is -0.452 e. The SMILES string of the molecule is Cc1c[c-]c(-c2ccc(C)cn2)cc1.Cc1cnc(-c2[c-]cccc2)cc1-c1c([Si](C)(C)C)c2c3ccccc3oc2c2oc3ccccc3c12.[Ir]. The van der Waals surface area contributed by atoms with E-state index in [4.69, 9.17) is 13.8 Å². The fourth-order valence-corrected chi connectivity index (χ4v) is 8.97. The van der Waals surface area contributed by atoms with E-state index in [0.29, 0.717) is 0 Å². The van der Waals surface area contributed by atoms with Crippen LogP contribution in [0.4, 0.5) is 0 Å². The molecule has 6 heteroatoms. The van der Waals surface area contributed by atoms with Crippen molar-refractivity contribution in [3.63, 3.8) is 0 Å². The molecular weight excluding hydrogens is 833 g/mol. The molecule has 4 heterocycles. The number of aryl methyl sites for hydroxylation is 3. The van der Waals surface area contributed by atoms with Gasteiger partial charge in [-0.1, -0.05) is 81.2 Å². The number of rotatable bonds is 4. The number of nitrogens with zero attached hydrogens (tertiary/aromatic N) is 2. The molecule has 0 amide bonds. The van der Waals surface area contributed by atoms with Gasteiger partial charge in [0.2, 0.25) is 0 Å². The van der Waals surface area contributed by atoms with E-state index in [1.165, 1.54) is 32.8 Å². The first kappa shape index (κ1) is 35.3. The predicted molar refractivity (Wildman–Crippen MR) is 214 cm³/mol. The Morgan fingerprint density at radius 2 is 1.21 bits per heavy atom. The summed E-state index contributed by atoms with van der Waals surface area (Å²) in [5.74, 6) is 0. The first-order valence-electron chi connectivity index (χ1n) is 17.3. The van der Waals surface area contributed by atoms with Crippen LogP contribution in [-0.4, -0.2) is 18.0 Å². The van der Waals surface area contributed by atoms with Crippen molar-refractivity contribution in [1.29, 1.82) is 0 Å². The van der Waals surface area contributed by atoms with E-state index < -0.39 is 8.07 Å². The molecule has 0 N–H and O–H groups in total. The molecule has 5 aromatic carbocycles. The molecule has 4 aromatic heterocycles. The van der Waals surface area contributed by atoms with Crippen molar-refractivity contribution in [2.24, 2.45) is 0 Å². The third kappa shape index (κ3) is 6.43. The Labute approximate surface area is 318 Å². The smallest absolute Gasteiger partial charge is 0.179 e. The van der Waals surface area contributed by atoms with Crippen molar-refractivity contribution in [3.05, 3.63) is 150 Å². The van der Waals surface area contributed by atoms with Crippen LogP contribution in [-0.2, 0) is 20.1 Å². The summed E-state index contributed by atoms with van der Waals surface area (Å²) in [6.45, 7) is 13.5. The standard InChI is InChI=1S/C33H26NO2Si.C13H12N.Ir/c1-20-19-34-25(21-12-6-5-7-13-21)18-24(20)29-28-22-14-8-10-16-26(22)35-31(28)32-30(33(29)37(2,3)4)23-15-9-11-17-27(23)36-32;1-10-3-6-12(7-4-10)13-8-5-11(2)9-14-13;/h5-12,14-19H,1-4H3;3-6,8-9H,1-2H3;/q2*-1;. The monoisotopic (exact) mass is 871 g/mol. The summed E-state index contributed by atoms with van der Waals surface area (Å²) >= 11 is 0. The molecule has 0 atom stereocenters. The molecule has 9 aromatic rings. The quantitative estimate of drug-likeness (QED) is 0.131. The summed E-state index contributed by atoms with van der Waals surface area (Å²) < 4.78 is 13.1. The normalized spacial score (nSPS) is 11.5. The van der Waals surface area contributed by atoms with Crippen molar-refractivity contribution in [3.8, 4) is 33.6 Å². The fourth-order valence-electron chi connectivity index (χ4n) is 6.96. The Morgan fingerprint density at radius 3 is 1.83 bits per heavy atom. The molecule has 259 valence electrons. The largest absolute Gasteiger partial charge is 0.452 e. The van der Waals surface area contributed by atoms with E-state index >= 15 is 0 Å². The van der Waals surface area contributed by atoms with Crippen LogP contribution in [0.25, 0.3) is 77.5 Å². The van der Waals surface area contributed by atoms with Crippen molar-refractivity contribution in [2.45, 2.75) is 40.4 Å². The van der Waals surface area contributed by atoms with Crippen molar-refractivity contribution >= 4 is 57.1 Å². The molecule has 0 bridgehead atoms. The van der Waals surface area contributed by atoms with Crippen LogP contribution in [0.2, 0.25) is 19.6 Å². The van der Waals surface area contributed by atoms with E-state index in [-0.39, 0.29) is 20.1 Å². The second kappa shape index (κ2) is 14.1. The minimum absolute atomic E-state index is 0. The Balaban J connectivity index is 0.000000236. The molecule has 0 unspecified atom stereocenters. The van der Waals surface area contributed by atoms with Crippen molar-refractivity contribution in [1.82, 2.24) is 9.97 Å². The predicted octanol–water partition coefficient (Wildman–Crippen LogP) is 12.0. The number of aromatic nitrogens is 2. The van der Waals surface area contributed by atoms with Gasteiger partial charge in [0.25, 0.3) is 0 Å². The maximum Gasteiger partial charge on any atom is 0.179 e. The third-order valence-corrected chi connectivity index (χ3v) is 11.4. The number of fused-ring (bicyclic) bond motifs is 7. The number of benzene rings is 5. The second-order valence-electron chi connectivity index (χ2n) is 14.3. The molecule has 0 saturated heterocycles. The van der Waals surface area contributed by atoms with E-state index in [2.05, 4.69) is 105 Å². The first-order valence-corrected chi connectivity index (χ1v) is 20.8. The number of pyridine rings is 2. The van der Waals surface area contributed by atoms with E-state index in [0.717, 1.165) is 66.6 Å². The Morgan fingerprint density at radius 1 is 0.596 bits per heavy atom. The summed E-state index contributed by atoms with van der Waals surface area (Å²) in [5, 5.41) is 5.95. The van der Waals surface area contributed by atoms with Crippen molar-refractivity contribution < 1.29 is 28.9 Å². The number of furan rings is 2. The molecule has 52 heavy (non-hydrogen) atoms. The maximum absolute atomic E-state index is 6.58. The molecule has 0 aliphatic heterocycles. The zero-order valence-corrected chi connectivity index (χ0v) is 33.5. The zero-order valence-electron chi connectivity index (χ0n) is 30.1. The molecule has 4 nitrogen and oxygen atoms in total. The topological polar surface area (TPSA) is 52.1 Å². The van der Waals surface area contributed by atoms with Crippen molar-refractivity contribution in [2.75, 3.05) is 0 Å². The Bertz CT molecular complexity index is 2650. The van der Waals surface area contributed by atoms with Gasteiger partial charge in [0, 0.05) is 54.0 Å². The van der Waals surface area contributed by atoms with Gasteiger partial charge < -0.3 is 18.8 Å². The van der Waals surface area contributed by atoms with E-state index in [1.54, 1.807) is 0 Å². The van der Waals surface area contributed by atoms with Gasteiger partial charge in [0.15, 0.2) is 11.2 Å². The average molecular weight is 871 g/mol. The fraction of sp³-hybridized carbons (Fsp3) is 0.130. The molecule has 9 rings (SSSR count). The third-order valence-electron chi connectivity index (χ3n) is 9.41. The zero-order chi connectivity index (χ0) is 35.3. The van der Waals surface area contributed by atoms with Gasteiger partial charge in [0.1, 0.15) is 11.2 Å². The number of hydrogen-bond acceptors (Lipinski definition) is 4. The number of hydrogen-bond donors (Lipinski definition) is 0. The van der Waals surface area contributed by atoms with Gasteiger partial charge in [-0.05, 0) is 64.8 Å². The van der Waals surface area contributed by atoms with E-state index in [9.17, 15) is 0 Å². The molecule has 1 radical (unpaired) electrons. The van der Waals surface area contributed by atoms with Gasteiger partial charge in [-0.15, -0.1) is 71.3 Å². The minimum atomic E-state index is -1.93. The molecule has 0 aliphatic rings. The van der Waals surface area contributed by atoms with Gasteiger partial charge in [-0.2, -0.15) is 0 Å². The Kier molecular flexibility index (Phi) is 9.58. The second-order valence-corrected chi connectivity index (χ2v) is 19.3. The summed E-state index contributed by atoms with van der Waals surface area (Å²) in [6, 6.07) is 43.7. The van der Waals surface area contributed by atoms with Crippen LogP contribution in [0.3, 0.4) is 0 Å². The average Bonchev–Trinajstić information content (AvgIpc) is 3.72.